The van der Waals surface area contributed by atoms with Crippen LogP contribution in [0.15, 0.2) is 52.1 Å². The molecule has 0 aliphatic heterocycles. The van der Waals surface area contributed by atoms with E-state index in [4.69, 9.17) is 18.9 Å². The van der Waals surface area contributed by atoms with E-state index in [0.717, 1.165) is 16.9 Å². The number of alkyl carbamates (subject to hydrolysis) is 1. The Morgan fingerprint density at radius 3 is 2.26 bits per heavy atom. The Morgan fingerprint density at radius 1 is 0.923 bits per heavy atom. The van der Waals surface area contributed by atoms with Gasteiger partial charge in [0, 0.05) is 30.3 Å². The Morgan fingerprint density at radius 2 is 1.62 bits per heavy atom. The fourth-order valence-corrected chi connectivity index (χ4v) is 6.10. The number of ether oxygens (including phenoxy) is 4. The van der Waals surface area contributed by atoms with Crippen molar-refractivity contribution in [3.8, 4) is 34.1 Å². The van der Waals surface area contributed by atoms with Crippen LogP contribution in [0.25, 0.3) is 11.1 Å². The van der Waals surface area contributed by atoms with Crippen molar-refractivity contribution >= 4 is 27.5 Å². The summed E-state index contributed by atoms with van der Waals surface area (Å²) in [5.41, 5.74) is 1.56. The number of nitrogens with one attached hydrogen (secondary N) is 2. The van der Waals surface area contributed by atoms with Gasteiger partial charge in [0.1, 0.15) is 21.3 Å². The number of hydrogen-bond acceptors (Lipinski definition) is 8. The van der Waals surface area contributed by atoms with Crippen LogP contribution < -0.4 is 24.2 Å². The Labute approximate surface area is 234 Å². The van der Waals surface area contributed by atoms with Crippen LogP contribution in [0.2, 0.25) is 0 Å². The van der Waals surface area contributed by atoms with Crippen molar-refractivity contribution < 1.29 is 32.2 Å². The van der Waals surface area contributed by atoms with Crippen LogP contribution >= 0.6 is 11.3 Å². The number of benzene rings is 2. The number of thiophene rings is 1. The normalized spacial score (nSPS) is 11.8. The zero-order valence-electron chi connectivity index (χ0n) is 23.3. The Kier molecular flexibility index (Phi) is 9.87. The molecule has 0 aliphatic rings. The molecule has 11 heteroatoms. The first kappa shape index (κ1) is 30.3. The maximum absolute atomic E-state index is 13.3. The summed E-state index contributed by atoms with van der Waals surface area (Å²) < 4.78 is 51.4. The zero-order chi connectivity index (χ0) is 28.8. The summed E-state index contributed by atoms with van der Waals surface area (Å²) in [6.45, 7) is 9.48. The molecule has 0 saturated carbocycles. The lowest BCUT2D eigenvalue weighted by atomic mass is 9.98. The highest BCUT2D eigenvalue weighted by atomic mass is 32.2. The summed E-state index contributed by atoms with van der Waals surface area (Å²) >= 11 is 1.11. The second-order valence-corrected chi connectivity index (χ2v) is 12.9. The van der Waals surface area contributed by atoms with Crippen molar-refractivity contribution in [2.45, 2.75) is 50.3 Å². The van der Waals surface area contributed by atoms with Crippen LogP contribution in [0.5, 0.6) is 23.0 Å². The van der Waals surface area contributed by atoms with Crippen LogP contribution in [0.4, 0.5) is 4.79 Å². The second-order valence-electron chi connectivity index (χ2n) is 9.98. The van der Waals surface area contributed by atoms with E-state index in [0.29, 0.717) is 34.1 Å². The van der Waals surface area contributed by atoms with E-state index in [2.05, 4.69) is 23.9 Å². The molecule has 1 amide bonds. The van der Waals surface area contributed by atoms with E-state index in [-0.39, 0.29) is 23.2 Å². The predicted molar refractivity (Wildman–Crippen MR) is 153 cm³/mol. The summed E-state index contributed by atoms with van der Waals surface area (Å²) in [5, 5.41) is 4.28. The molecule has 0 fully saturated rings. The van der Waals surface area contributed by atoms with Crippen LogP contribution in [0.1, 0.15) is 46.1 Å². The zero-order valence-corrected chi connectivity index (χ0v) is 24.9. The van der Waals surface area contributed by atoms with Crippen LogP contribution in [0.3, 0.4) is 0 Å². The molecule has 212 valence electrons. The van der Waals surface area contributed by atoms with Gasteiger partial charge in [-0.2, -0.15) is 0 Å². The monoisotopic (exact) mass is 576 g/mol. The highest BCUT2D eigenvalue weighted by molar-refractivity contribution is 7.91. The van der Waals surface area contributed by atoms with E-state index in [1.807, 2.05) is 18.2 Å². The van der Waals surface area contributed by atoms with Crippen molar-refractivity contribution in [2.75, 3.05) is 27.3 Å². The van der Waals surface area contributed by atoms with Gasteiger partial charge in [0.05, 0.1) is 14.2 Å². The average molecular weight is 577 g/mol. The number of carbonyl (C=O) groups is 1. The molecule has 0 spiro atoms. The fourth-order valence-electron chi connectivity index (χ4n) is 3.65. The van der Waals surface area contributed by atoms with Gasteiger partial charge in [0.25, 0.3) is 10.0 Å². The number of amides is 1. The van der Waals surface area contributed by atoms with Gasteiger partial charge in [-0.3, -0.25) is 0 Å². The first-order valence-corrected chi connectivity index (χ1v) is 14.8. The predicted octanol–water partition coefficient (Wildman–Crippen LogP) is 6.15. The topological polar surface area (TPSA) is 112 Å². The third kappa shape index (κ3) is 8.11. The van der Waals surface area contributed by atoms with Crippen molar-refractivity contribution in [3.05, 3.63) is 53.4 Å². The number of sulfonamides is 1. The SMILES string of the molecule is COc1ccc(Oc2ccc(C(C)C)cc2-c2ccsc2S(=O)(=O)NCCNC(=O)OC(C)(C)C)cc1OC. The van der Waals surface area contributed by atoms with E-state index in [9.17, 15) is 13.2 Å². The summed E-state index contributed by atoms with van der Waals surface area (Å²) in [4.78, 5) is 11.9. The van der Waals surface area contributed by atoms with Crippen LogP contribution in [-0.4, -0.2) is 47.4 Å². The van der Waals surface area contributed by atoms with Crippen LogP contribution in [0, 0.1) is 0 Å². The van der Waals surface area contributed by atoms with Gasteiger partial charge in [0.2, 0.25) is 0 Å². The van der Waals surface area contributed by atoms with Crippen molar-refractivity contribution in [2.24, 2.45) is 0 Å². The lowest BCUT2D eigenvalue weighted by Gasteiger charge is -2.19. The van der Waals surface area contributed by atoms with Crippen LogP contribution in [-0.2, 0) is 14.8 Å². The lowest BCUT2D eigenvalue weighted by Crippen LogP contribution is -2.37. The van der Waals surface area contributed by atoms with Gasteiger partial charge in [-0.05, 0) is 68.0 Å². The molecule has 39 heavy (non-hydrogen) atoms. The largest absolute Gasteiger partial charge is 0.493 e. The minimum atomic E-state index is -3.89. The third-order valence-electron chi connectivity index (χ3n) is 5.50. The average Bonchev–Trinajstić information content (AvgIpc) is 3.36. The highest BCUT2D eigenvalue weighted by Gasteiger charge is 2.24. The number of methoxy groups -OCH3 is 2. The van der Waals surface area contributed by atoms with Gasteiger partial charge < -0.3 is 24.3 Å². The van der Waals surface area contributed by atoms with E-state index in [1.165, 1.54) is 0 Å². The molecule has 3 rings (SSSR count). The van der Waals surface area contributed by atoms with Gasteiger partial charge in [-0.25, -0.2) is 17.9 Å². The van der Waals surface area contributed by atoms with E-state index < -0.39 is 21.7 Å². The summed E-state index contributed by atoms with van der Waals surface area (Å²) in [5.74, 6) is 2.30. The molecule has 2 N–H and O–H groups in total. The Bertz CT molecular complexity index is 1390. The molecule has 0 unspecified atom stereocenters. The third-order valence-corrected chi connectivity index (χ3v) is 8.45. The molecule has 0 aliphatic carbocycles. The fraction of sp³-hybridized carbons (Fsp3) is 0.393. The minimum absolute atomic E-state index is 0.0000496. The van der Waals surface area contributed by atoms with Crippen molar-refractivity contribution in [1.82, 2.24) is 10.0 Å². The number of hydrogen-bond donors (Lipinski definition) is 2. The Balaban J connectivity index is 1.88. The molecule has 1 aromatic heterocycles. The van der Waals surface area contributed by atoms with Gasteiger partial charge in [-0.15, -0.1) is 11.3 Å². The summed E-state index contributed by atoms with van der Waals surface area (Å²) in [6, 6.07) is 12.7. The van der Waals surface area contributed by atoms with Gasteiger partial charge >= 0.3 is 6.09 Å². The smallest absolute Gasteiger partial charge is 0.407 e. The quantitative estimate of drug-likeness (QED) is 0.263. The molecule has 0 atom stereocenters. The maximum Gasteiger partial charge on any atom is 0.407 e. The van der Waals surface area contributed by atoms with E-state index >= 15 is 0 Å². The molecule has 3 aromatic rings. The minimum Gasteiger partial charge on any atom is -0.493 e. The molecule has 9 nitrogen and oxygen atoms in total. The highest BCUT2D eigenvalue weighted by Crippen LogP contribution is 2.42. The molecule has 0 bridgehead atoms. The first-order chi connectivity index (χ1) is 18.3. The molecule has 1 heterocycles. The molecule has 0 radical (unpaired) electrons. The second kappa shape index (κ2) is 12.7. The first-order valence-electron chi connectivity index (χ1n) is 12.4. The maximum atomic E-state index is 13.3. The summed E-state index contributed by atoms with van der Waals surface area (Å²) in [7, 11) is -0.785. The summed E-state index contributed by atoms with van der Waals surface area (Å²) in [6.07, 6.45) is -0.610. The Hall–Kier alpha value is -3.28. The van der Waals surface area contributed by atoms with Gasteiger partial charge in [-0.1, -0.05) is 19.9 Å². The number of carbonyl (C=O) groups excluding carboxylic acids is 1. The standard InChI is InChI=1S/C28H36N2O7S2/c1-18(2)19-8-10-23(36-20-9-11-24(34-6)25(17-20)35-7)22(16-19)21-12-15-38-26(21)39(32,33)30-14-13-29-27(31)37-28(3,4)5/h8-12,15-18,30H,13-14H2,1-7H3,(H,29,31). The molecular formula is C28H36N2O7S2. The molecule has 2 aromatic carbocycles. The number of rotatable bonds is 11. The van der Waals surface area contributed by atoms with E-state index in [1.54, 1.807) is 64.6 Å². The molecule has 0 saturated heterocycles. The lowest BCUT2D eigenvalue weighted by molar-refractivity contribution is 0.0529. The van der Waals surface area contributed by atoms with Crippen molar-refractivity contribution in [1.29, 1.82) is 0 Å². The molecular weight excluding hydrogens is 540 g/mol. The van der Waals surface area contributed by atoms with Gasteiger partial charge in [0.15, 0.2) is 11.5 Å². The van der Waals surface area contributed by atoms with Crippen molar-refractivity contribution in [3.63, 3.8) is 0 Å².